The molecule has 0 saturated heterocycles. The van der Waals surface area contributed by atoms with Gasteiger partial charge in [-0.1, -0.05) is 23.4 Å². The average molecular weight is 249 g/mol. The smallest absolute Gasteiger partial charge is 0.240 e. The van der Waals surface area contributed by atoms with Gasteiger partial charge in [-0.25, -0.2) is 4.39 Å². The Morgan fingerprint density at radius 3 is 2.78 bits per heavy atom. The van der Waals surface area contributed by atoms with Gasteiger partial charge in [-0.2, -0.15) is 4.98 Å². The maximum Gasteiger partial charge on any atom is 0.240 e. The molecule has 0 bridgehead atoms. The molecule has 1 aromatic carbocycles. The molecule has 2 aromatic rings. The number of hydrogen-bond acceptors (Lipinski definition) is 4. The number of hydrogen-bond donors (Lipinski definition) is 1. The molecule has 1 aromatic heterocycles. The molecule has 0 spiro atoms. The fourth-order valence-electron chi connectivity index (χ4n) is 1.76. The Kier molecular flexibility index (Phi) is 3.43. The SMILES string of the molecule is CC(C)(F)Cc1cccc(-c2noc(CN)n2)c1. The van der Waals surface area contributed by atoms with Crippen molar-refractivity contribution in [2.24, 2.45) is 5.73 Å². The van der Waals surface area contributed by atoms with Gasteiger partial charge in [-0.05, 0) is 25.5 Å². The van der Waals surface area contributed by atoms with E-state index in [4.69, 9.17) is 10.3 Å². The number of halogens is 1. The van der Waals surface area contributed by atoms with Crippen LogP contribution >= 0.6 is 0 Å². The molecule has 0 aliphatic rings. The maximum absolute atomic E-state index is 13.6. The zero-order chi connectivity index (χ0) is 13.2. The summed E-state index contributed by atoms with van der Waals surface area (Å²) in [4.78, 5) is 4.14. The molecular weight excluding hydrogens is 233 g/mol. The molecule has 0 fully saturated rings. The van der Waals surface area contributed by atoms with Crippen LogP contribution in [0.4, 0.5) is 4.39 Å². The van der Waals surface area contributed by atoms with Crippen LogP contribution in [0.3, 0.4) is 0 Å². The number of nitrogens with two attached hydrogens (primary N) is 1. The average Bonchev–Trinajstić information content (AvgIpc) is 2.75. The summed E-state index contributed by atoms with van der Waals surface area (Å²) in [5, 5.41) is 3.83. The summed E-state index contributed by atoms with van der Waals surface area (Å²) in [6.45, 7) is 3.32. The van der Waals surface area contributed by atoms with Crippen LogP contribution in [-0.4, -0.2) is 15.8 Å². The van der Waals surface area contributed by atoms with E-state index in [-0.39, 0.29) is 6.54 Å². The maximum atomic E-state index is 13.6. The summed E-state index contributed by atoms with van der Waals surface area (Å²) in [6, 6.07) is 7.47. The molecule has 0 aliphatic heterocycles. The Hall–Kier alpha value is -1.75. The third-order valence-electron chi connectivity index (χ3n) is 2.45. The molecule has 0 amide bonds. The summed E-state index contributed by atoms with van der Waals surface area (Å²) in [6.07, 6.45) is 0.350. The highest BCUT2D eigenvalue weighted by Gasteiger charge is 2.17. The minimum absolute atomic E-state index is 0.213. The van der Waals surface area contributed by atoms with Crippen molar-refractivity contribution in [3.8, 4) is 11.4 Å². The molecular formula is C13H16FN3O. The summed E-state index contributed by atoms with van der Waals surface area (Å²) < 4.78 is 18.6. The molecule has 18 heavy (non-hydrogen) atoms. The van der Waals surface area contributed by atoms with Gasteiger partial charge in [0.2, 0.25) is 11.7 Å². The third kappa shape index (κ3) is 3.13. The van der Waals surface area contributed by atoms with Crippen LogP contribution < -0.4 is 5.73 Å². The normalized spacial score (nSPS) is 11.8. The van der Waals surface area contributed by atoms with E-state index in [2.05, 4.69) is 10.1 Å². The lowest BCUT2D eigenvalue weighted by Gasteiger charge is -2.13. The molecule has 2 N–H and O–H groups in total. The number of rotatable bonds is 4. The number of benzene rings is 1. The number of aromatic nitrogens is 2. The van der Waals surface area contributed by atoms with Crippen LogP contribution in [-0.2, 0) is 13.0 Å². The van der Waals surface area contributed by atoms with Crippen molar-refractivity contribution >= 4 is 0 Å². The molecule has 0 atom stereocenters. The van der Waals surface area contributed by atoms with Crippen LogP contribution in [0.1, 0.15) is 25.3 Å². The highest BCUT2D eigenvalue weighted by molar-refractivity contribution is 5.55. The van der Waals surface area contributed by atoms with Crippen molar-refractivity contribution in [2.45, 2.75) is 32.5 Å². The van der Waals surface area contributed by atoms with Crippen molar-refractivity contribution in [2.75, 3.05) is 0 Å². The van der Waals surface area contributed by atoms with Gasteiger partial charge in [0.05, 0.1) is 6.54 Å². The van der Waals surface area contributed by atoms with Crippen molar-refractivity contribution in [1.82, 2.24) is 10.1 Å². The summed E-state index contributed by atoms with van der Waals surface area (Å²) in [7, 11) is 0. The molecule has 2 rings (SSSR count). The summed E-state index contributed by atoms with van der Waals surface area (Å²) in [5.41, 5.74) is 5.88. The highest BCUT2D eigenvalue weighted by atomic mass is 19.1. The van der Waals surface area contributed by atoms with Crippen molar-refractivity contribution in [3.63, 3.8) is 0 Å². The largest absolute Gasteiger partial charge is 0.338 e. The predicted octanol–water partition coefficient (Wildman–Crippen LogP) is 2.49. The lowest BCUT2D eigenvalue weighted by atomic mass is 9.99. The molecule has 0 radical (unpaired) electrons. The molecule has 0 aliphatic carbocycles. The lowest BCUT2D eigenvalue weighted by Crippen LogP contribution is -2.15. The van der Waals surface area contributed by atoms with E-state index in [0.29, 0.717) is 18.1 Å². The zero-order valence-corrected chi connectivity index (χ0v) is 10.5. The second kappa shape index (κ2) is 4.86. The second-order valence-electron chi connectivity index (χ2n) is 4.81. The van der Waals surface area contributed by atoms with E-state index in [1.807, 2.05) is 24.3 Å². The van der Waals surface area contributed by atoms with E-state index in [1.54, 1.807) is 13.8 Å². The van der Waals surface area contributed by atoms with E-state index >= 15 is 0 Å². The first-order chi connectivity index (χ1) is 8.48. The molecule has 0 unspecified atom stereocenters. The molecule has 5 heteroatoms. The summed E-state index contributed by atoms with van der Waals surface area (Å²) in [5.74, 6) is 0.871. The first-order valence-electron chi connectivity index (χ1n) is 5.79. The van der Waals surface area contributed by atoms with E-state index < -0.39 is 5.67 Å². The van der Waals surface area contributed by atoms with Crippen LogP contribution in [0.25, 0.3) is 11.4 Å². The van der Waals surface area contributed by atoms with E-state index in [0.717, 1.165) is 11.1 Å². The van der Waals surface area contributed by atoms with Gasteiger partial charge in [0, 0.05) is 12.0 Å². The Morgan fingerprint density at radius 2 is 2.17 bits per heavy atom. The lowest BCUT2D eigenvalue weighted by molar-refractivity contribution is 0.217. The first-order valence-corrected chi connectivity index (χ1v) is 5.79. The van der Waals surface area contributed by atoms with Gasteiger partial charge in [0.25, 0.3) is 0 Å². The minimum atomic E-state index is -1.24. The third-order valence-corrected chi connectivity index (χ3v) is 2.45. The Morgan fingerprint density at radius 1 is 1.39 bits per heavy atom. The van der Waals surface area contributed by atoms with Gasteiger partial charge in [-0.15, -0.1) is 0 Å². The molecule has 1 heterocycles. The van der Waals surface area contributed by atoms with Crippen molar-refractivity contribution in [3.05, 3.63) is 35.7 Å². The first kappa shape index (κ1) is 12.7. The topological polar surface area (TPSA) is 64.9 Å². The Bertz CT molecular complexity index is 531. The van der Waals surface area contributed by atoms with Gasteiger partial charge in [-0.3, -0.25) is 0 Å². The number of nitrogens with zero attached hydrogens (tertiary/aromatic N) is 2. The van der Waals surface area contributed by atoms with Crippen LogP contribution in [0.15, 0.2) is 28.8 Å². The molecule has 4 nitrogen and oxygen atoms in total. The van der Waals surface area contributed by atoms with Gasteiger partial charge >= 0.3 is 0 Å². The second-order valence-corrected chi connectivity index (χ2v) is 4.81. The fourth-order valence-corrected chi connectivity index (χ4v) is 1.76. The van der Waals surface area contributed by atoms with Crippen LogP contribution in [0.5, 0.6) is 0 Å². The number of alkyl halides is 1. The predicted molar refractivity (Wildman–Crippen MR) is 66.5 cm³/mol. The summed E-state index contributed by atoms with van der Waals surface area (Å²) >= 11 is 0. The highest BCUT2D eigenvalue weighted by Crippen LogP contribution is 2.21. The monoisotopic (exact) mass is 249 g/mol. The Labute approximate surface area is 105 Å². The standard InChI is InChI=1S/C13H16FN3O/c1-13(2,14)7-9-4-3-5-10(6-9)12-16-11(8-15)18-17-12/h3-6H,7-8,15H2,1-2H3. The van der Waals surface area contributed by atoms with Gasteiger partial charge < -0.3 is 10.3 Å². The zero-order valence-electron chi connectivity index (χ0n) is 10.5. The Balaban J connectivity index is 2.26. The van der Waals surface area contributed by atoms with Crippen molar-refractivity contribution < 1.29 is 8.91 Å². The molecule has 96 valence electrons. The minimum Gasteiger partial charge on any atom is -0.338 e. The quantitative estimate of drug-likeness (QED) is 0.904. The van der Waals surface area contributed by atoms with Gasteiger partial charge in [0.1, 0.15) is 5.67 Å². The van der Waals surface area contributed by atoms with Gasteiger partial charge in [0.15, 0.2) is 0 Å². The molecule has 0 saturated carbocycles. The van der Waals surface area contributed by atoms with Crippen molar-refractivity contribution in [1.29, 1.82) is 0 Å². The fraction of sp³-hybridized carbons (Fsp3) is 0.385. The van der Waals surface area contributed by atoms with E-state index in [9.17, 15) is 4.39 Å². The van der Waals surface area contributed by atoms with Crippen LogP contribution in [0.2, 0.25) is 0 Å². The van der Waals surface area contributed by atoms with E-state index in [1.165, 1.54) is 0 Å². The van der Waals surface area contributed by atoms with Crippen LogP contribution in [0, 0.1) is 0 Å².